The molecular formula is C23H40N4O3. The van der Waals surface area contributed by atoms with Crippen LogP contribution in [0, 0.1) is 11.8 Å². The lowest BCUT2D eigenvalue weighted by Gasteiger charge is -2.42. The Hall–Kier alpha value is -1.44. The molecule has 0 radical (unpaired) electrons. The zero-order chi connectivity index (χ0) is 21.5. The van der Waals surface area contributed by atoms with E-state index in [0.29, 0.717) is 25.7 Å². The second-order valence-corrected chi connectivity index (χ2v) is 9.36. The van der Waals surface area contributed by atoms with Crippen molar-refractivity contribution in [1.82, 2.24) is 15.1 Å². The van der Waals surface area contributed by atoms with Crippen molar-refractivity contribution in [3.8, 4) is 0 Å². The Kier molecular flexibility index (Phi) is 8.72. The number of nitrogens with zero attached hydrogens (tertiary/aromatic N) is 2. The Labute approximate surface area is 181 Å². The first-order valence-electron chi connectivity index (χ1n) is 11.7. The minimum atomic E-state index is -0.533. The fourth-order valence-corrected chi connectivity index (χ4v) is 5.11. The summed E-state index contributed by atoms with van der Waals surface area (Å²) in [5.41, 5.74) is 7.29. The van der Waals surface area contributed by atoms with E-state index in [1.165, 1.54) is 12.8 Å². The summed E-state index contributed by atoms with van der Waals surface area (Å²) in [4.78, 5) is 15.1. The van der Waals surface area contributed by atoms with Gasteiger partial charge in [0.2, 0.25) is 5.91 Å². The number of hydrogen-bond donors (Lipinski definition) is 2. The van der Waals surface area contributed by atoms with E-state index in [-0.39, 0.29) is 17.9 Å². The van der Waals surface area contributed by atoms with E-state index in [4.69, 9.17) is 15.2 Å². The number of aromatic nitrogens is 2. The van der Waals surface area contributed by atoms with Crippen molar-refractivity contribution in [3.63, 3.8) is 0 Å². The van der Waals surface area contributed by atoms with Crippen molar-refractivity contribution in [2.24, 2.45) is 17.6 Å². The molecule has 0 spiro atoms. The predicted octanol–water partition coefficient (Wildman–Crippen LogP) is 3.08. The Morgan fingerprint density at radius 1 is 1.30 bits per heavy atom. The smallest absolute Gasteiger partial charge is 0.239 e. The van der Waals surface area contributed by atoms with Gasteiger partial charge in [0.25, 0.3) is 0 Å². The van der Waals surface area contributed by atoms with Gasteiger partial charge in [0.05, 0.1) is 24.8 Å². The number of nitrogens with two attached hydrogens (primary N) is 1. The Bertz CT molecular complexity index is 628. The molecule has 3 rings (SSSR count). The third kappa shape index (κ3) is 5.83. The number of methoxy groups -OCH3 is 1. The first kappa shape index (κ1) is 23.2. The maximum absolute atomic E-state index is 13.2. The molecule has 2 fully saturated rings. The van der Waals surface area contributed by atoms with Gasteiger partial charge in [0.15, 0.2) is 0 Å². The van der Waals surface area contributed by atoms with E-state index in [0.717, 1.165) is 49.8 Å². The van der Waals surface area contributed by atoms with Gasteiger partial charge >= 0.3 is 0 Å². The van der Waals surface area contributed by atoms with Crippen LogP contribution in [0.25, 0.3) is 0 Å². The molecule has 1 amide bonds. The molecule has 0 aromatic carbocycles. The molecule has 7 nitrogen and oxygen atoms in total. The van der Waals surface area contributed by atoms with Gasteiger partial charge in [0.1, 0.15) is 0 Å². The van der Waals surface area contributed by atoms with Crippen LogP contribution >= 0.6 is 0 Å². The van der Waals surface area contributed by atoms with E-state index in [9.17, 15) is 4.79 Å². The van der Waals surface area contributed by atoms with E-state index in [2.05, 4.69) is 24.0 Å². The lowest BCUT2D eigenvalue weighted by molar-refractivity contribution is -0.140. The van der Waals surface area contributed by atoms with Gasteiger partial charge in [0, 0.05) is 38.1 Å². The van der Waals surface area contributed by atoms with Gasteiger partial charge in [-0.25, -0.2) is 0 Å². The number of nitrogens with one attached hydrogen (secondary N) is 1. The van der Waals surface area contributed by atoms with Crippen LogP contribution in [0.15, 0.2) is 12.3 Å². The average molecular weight is 421 g/mol. The number of piperidine rings is 1. The van der Waals surface area contributed by atoms with Crippen LogP contribution in [0.5, 0.6) is 0 Å². The molecule has 2 unspecified atom stereocenters. The number of amides is 1. The second-order valence-electron chi connectivity index (χ2n) is 9.36. The molecule has 1 aliphatic heterocycles. The van der Waals surface area contributed by atoms with Crippen molar-refractivity contribution in [1.29, 1.82) is 0 Å². The zero-order valence-electron chi connectivity index (χ0n) is 18.9. The van der Waals surface area contributed by atoms with Crippen molar-refractivity contribution >= 4 is 5.91 Å². The minimum absolute atomic E-state index is 0.00776. The Balaban J connectivity index is 1.66. The van der Waals surface area contributed by atoms with Crippen LogP contribution in [0.4, 0.5) is 0 Å². The predicted molar refractivity (Wildman–Crippen MR) is 117 cm³/mol. The van der Waals surface area contributed by atoms with Crippen LogP contribution in [0.2, 0.25) is 0 Å². The van der Waals surface area contributed by atoms with Crippen molar-refractivity contribution in [2.45, 2.75) is 82.9 Å². The zero-order valence-corrected chi connectivity index (χ0v) is 18.9. The maximum atomic E-state index is 13.2. The monoisotopic (exact) mass is 420 g/mol. The number of carbonyl (C=O) groups excluding carboxylic acids is 1. The molecule has 3 N–H and O–H groups in total. The summed E-state index contributed by atoms with van der Waals surface area (Å²) < 4.78 is 11.5. The lowest BCUT2D eigenvalue weighted by atomic mass is 9.80. The summed E-state index contributed by atoms with van der Waals surface area (Å²) in [5, 5.41) is 7.26. The highest BCUT2D eigenvalue weighted by Gasteiger charge is 2.38. The normalized spacial score (nSPS) is 28.6. The van der Waals surface area contributed by atoms with Gasteiger partial charge in [-0.1, -0.05) is 13.8 Å². The molecule has 3 atom stereocenters. The van der Waals surface area contributed by atoms with E-state index in [1.807, 2.05) is 11.0 Å². The maximum Gasteiger partial charge on any atom is 0.239 e. The summed E-state index contributed by atoms with van der Waals surface area (Å²) in [7, 11) is 1.64. The SMILES string of the molecule is COCC[C@H](N)C(=O)N1CCCC(c2ccn[nH]2)C1COC1CCC(C(C)C)CC1. The summed E-state index contributed by atoms with van der Waals surface area (Å²) in [6.07, 6.45) is 9.30. The molecule has 170 valence electrons. The largest absolute Gasteiger partial charge is 0.385 e. The molecule has 1 saturated heterocycles. The second kappa shape index (κ2) is 11.3. The molecule has 1 saturated carbocycles. The van der Waals surface area contributed by atoms with Gasteiger partial charge in [-0.05, 0) is 62.8 Å². The highest BCUT2D eigenvalue weighted by atomic mass is 16.5. The van der Waals surface area contributed by atoms with Gasteiger partial charge < -0.3 is 20.1 Å². The molecule has 0 bridgehead atoms. The standard InChI is InChI=1S/C23H40N4O3/c1-16(2)17-6-8-18(9-7-17)30-15-22-19(21-10-12-25-26-21)5-4-13-27(22)23(28)20(24)11-14-29-3/h10,12,16-20,22H,4-9,11,13-15,24H2,1-3H3,(H,25,26)/t17?,18?,19?,20-,22?/m0/s1. The number of ether oxygens (including phenoxy) is 2. The number of aromatic amines is 1. The van der Waals surface area contributed by atoms with Crippen LogP contribution in [0.3, 0.4) is 0 Å². The van der Waals surface area contributed by atoms with Gasteiger partial charge in [-0.3, -0.25) is 9.89 Å². The highest BCUT2D eigenvalue weighted by Crippen LogP contribution is 2.35. The van der Waals surface area contributed by atoms with Crippen LogP contribution in [0.1, 0.15) is 70.4 Å². The summed E-state index contributed by atoms with van der Waals surface area (Å²) in [6, 6.07) is 1.47. The number of carbonyl (C=O) groups is 1. The molecule has 7 heteroatoms. The topological polar surface area (TPSA) is 93.5 Å². The van der Waals surface area contributed by atoms with Crippen LogP contribution in [-0.4, -0.2) is 66.1 Å². The highest BCUT2D eigenvalue weighted by molar-refractivity contribution is 5.82. The molecule has 1 aromatic heterocycles. The minimum Gasteiger partial charge on any atom is -0.385 e. The number of rotatable bonds is 9. The summed E-state index contributed by atoms with van der Waals surface area (Å²) in [6.45, 7) is 6.42. The van der Waals surface area contributed by atoms with Crippen LogP contribution < -0.4 is 5.73 Å². The van der Waals surface area contributed by atoms with Crippen molar-refractivity contribution < 1.29 is 14.3 Å². The molecule has 2 heterocycles. The Morgan fingerprint density at radius 2 is 2.07 bits per heavy atom. The Morgan fingerprint density at radius 3 is 2.70 bits per heavy atom. The van der Waals surface area contributed by atoms with E-state index >= 15 is 0 Å². The molecule has 1 aromatic rings. The molecule has 2 aliphatic rings. The van der Waals surface area contributed by atoms with Crippen molar-refractivity contribution in [3.05, 3.63) is 18.0 Å². The number of likely N-dealkylation sites (tertiary alicyclic amines) is 1. The fourth-order valence-electron chi connectivity index (χ4n) is 5.11. The third-order valence-electron chi connectivity index (χ3n) is 7.10. The average Bonchev–Trinajstić information content (AvgIpc) is 3.30. The molecule has 30 heavy (non-hydrogen) atoms. The van der Waals surface area contributed by atoms with Gasteiger partial charge in [-0.2, -0.15) is 5.10 Å². The van der Waals surface area contributed by atoms with E-state index in [1.54, 1.807) is 13.3 Å². The molecular weight excluding hydrogens is 380 g/mol. The fraction of sp³-hybridized carbons (Fsp3) is 0.826. The first-order chi connectivity index (χ1) is 14.5. The summed E-state index contributed by atoms with van der Waals surface area (Å²) >= 11 is 0. The number of H-pyrrole nitrogens is 1. The third-order valence-corrected chi connectivity index (χ3v) is 7.10. The van der Waals surface area contributed by atoms with Gasteiger partial charge in [-0.15, -0.1) is 0 Å². The van der Waals surface area contributed by atoms with E-state index < -0.39 is 6.04 Å². The quantitative estimate of drug-likeness (QED) is 0.640. The van der Waals surface area contributed by atoms with Crippen molar-refractivity contribution in [2.75, 3.05) is 26.9 Å². The lowest BCUT2D eigenvalue weighted by Crippen LogP contribution is -2.55. The molecule has 1 aliphatic carbocycles. The van der Waals surface area contributed by atoms with Crippen LogP contribution in [-0.2, 0) is 14.3 Å². The first-order valence-corrected chi connectivity index (χ1v) is 11.7. The summed E-state index contributed by atoms with van der Waals surface area (Å²) in [5.74, 6) is 1.77. The number of hydrogen-bond acceptors (Lipinski definition) is 5.